The highest BCUT2D eigenvalue weighted by molar-refractivity contribution is 4.76. The van der Waals surface area contributed by atoms with E-state index in [1.165, 1.54) is 45.2 Å². The van der Waals surface area contributed by atoms with Crippen molar-refractivity contribution in [1.29, 1.82) is 0 Å². The van der Waals surface area contributed by atoms with Gasteiger partial charge in [0.15, 0.2) is 0 Å². The van der Waals surface area contributed by atoms with Gasteiger partial charge in [0.25, 0.3) is 0 Å². The molecule has 0 spiro atoms. The highest BCUT2D eigenvalue weighted by Gasteiger charge is 2.19. The van der Waals surface area contributed by atoms with Crippen molar-refractivity contribution in [2.75, 3.05) is 26.7 Å². The first kappa shape index (κ1) is 17.9. The van der Waals surface area contributed by atoms with Crippen LogP contribution in [-0.2, 0) is 0 Å². The standard InChI is InChI=1S/C16H36N2/c1-7-16(4,5)18(6)13-11-9-8-10-12-17-14-15(2)3/h15,17H,7-14H2,1-6H3. The van der Waals surface area contributed by atoms with Crippen molar-refractivity contribution in [2.24, 2.45) is 5.92 Å². The largest absolute Gasteiger partial charge is 0.316 e. The van der Waals surface area contributed by atoms with Gasteiger partial charge in [-0.3, -0.25) is 0 Å². The Kier molecular flexibility index (Phi) is 9.76. The van der Waals surface area contributed by atoms with Crippen LogP contribution in [-0.4, -0.2) is 37.1 Å². The molecule has 0 aromatic heterocycles. The summed E-state index contributed by atoms with van der Waals surface area (Å²) in [5, 5.41) is 3.51. The molecule has 0 saturated heterocycles. The molecule has 0 bridgehead atoms. The van der Waals surface area contributed by atoms with E-state index in [4.69, 9.17) is 0 Å². The van der Waals surface area contributed by atoms with Crippen molar-refractivity contribution in [3.63, 3.8) is 0 Å². The number of unbranched alkanes of at least 4 members (excludes halogenated alkanes) is 3. The number of rotatable bonds is 11. The fraction of sp³-hybridized carbons (Fsp3) is 1.00. The molecule has 0 amide bonds. The van der Waals surface area contributed by atoms with Crippen molar-refractivity contribution >= 4 is 0 Å². The van der Waals surface area contributed by atoms with E-state index >= 15 is 0 Å². The van der Waals surface area contributed by atoms with Gasteiger partial charge in [-0.25, -0.2) is 0 Å². The van der Waals surface area contributed by atoms with Crippen LogP contribution in [0, 0.1) is 5.92 Å². The number of nitrogens with one attached hydrogen (secondary N) is 1. The summed E-state index contributed by atoms with van der Waals surface area (Å²) in [5.41, 5.74) is 0.360. The molecule has 0 unspecified atom stereocenters. The normalized spacial score (nSPS) is 12.7. The molecule has 0 aromatic rings. The summed E-state index contributed by atoms with van der Waals surface area (Å²) in [5.74, 6) is 0.773. The van der Waals surface area contributed by atoms with Crippen LogP contribution in [0.4, 0.5) is 0 Å². The van der Waals surface area contributed by atoms with E-state index in [1.54, 1.807) is 0 Å². The van der Waals surface area contributed by atoms with Crippen LogP contribution in [0.5, 0.6) is 0 Å². The molecule has 0 aliphatic heterocycles. The van der Waals surface area contributed by atoms with Gasteiger partial charge in [-0.05, 0) is 65.7 Å². The predicted molar refractivity (Wildman–Crippen MR) is 83.2 cm³/mol. The van der Waals surface area contributed by atoms with Gasteiger partial charge in [0, 0.05) is 5.54 Å². The Morgan fingerprint density at radius 3 is 2.22 bits per heavy atom. The summed E-state index contributed by atoms with van der Waals surface area (Å²) in [6.45, 7) is 15.1. The summed E-state index contributed by atoms with van der Waals surface area (Å²) in [4.78, 5) is 2.50. The first-order valence-electron chi connectivity index (χ1n) is 7.82. The molecule has 110 valence electrons. The third kappa shape index (κ3) is 8.93. The van der Waals surface area contributed by atoms with E-state index in [1.807, 2.05) is 0 Å². The van der Waals surface area contributed by atoms with Crippen molar-refractivity contribution in [3.05, 3.63) is 0 Å². The highest BCUT2D eigenvalue weighted by atomic mass is 15.2. The minimum Gasteiger partial charge on any atom is -0.316 e. The topological polar surface area (TPSA) is 15.3 Å². The van der Waals surface area contributed by atoms with Crippen LogP contribution in [0.1, 0.15) is 66.7 Å². The highest BCUT2D eigenvalue weighted by Crippen LogP contribution is 2.17. The Morgan fingerprint density at radius 2 is 1.67 bits per heavy atom. The summed E-state index contributed by atoms with van der Waals surface area (Å²) >= 11 is 0. The second-order valence-electron chi connectivity index (χ2n) is 6.60. The maximum Gasteiger partial charge on any atom is 0.0147 e. The van der Waals surface area contributed by atoms with E-state index < -0.39 is 0 Å². The van der Waals surface area contributed by atoms with Gasteiger partial charge >= 0.3 is 0 Å². The number of nitrogens with zero attached hydrogens (tertiary/aromatic N) is 1. The van der Waals surface area contributed by atoms with E-state index in [0.717, 1.165) is 12.5 Å². The second-order valence-corrected chi connectivity index (χ2v) is 6.60. The summed E-state index contributed by atoms with van der Waals surface area (Å²) in [6.07, 6.45) is 6.62. The van der Waals surface area contributed by atoms with Gasteiger partial charge in [-0.15, -0.1) is 0 Å². The fourth-order valence-corrected chi connectivity index (χ4v) is 1.92. The molecule has 0 aliphatic rings. The summed E-state index contributed by atoms with van der Waals surface area (Å²) in [7, 11) is 2.26. The van der Waals surface area contributed by atoms with Crippen molar-refractivity contribution in [3.8, 4) is 0 Å². The Morgan fingerprint density at radius 1 is 1.06 bits per heavy atom. The minimum atomic E-state index is 0.360. The monoisotopic (exact) mass is 256 g/mol. The molecule has 0 saturated carbocycles. The van der Waals surface area contributed by atoms with Crippen LogP contribution in [0.2, 0.25) is 0 Å². The molecule has 0 radical (unpaired) electrons. The zero-order chi connectivity index (χ0) is 14.0. The third-order valence-electron chi connectivity index (χ3n) is 4.05. The van der Waals surface area contributed by atoms with Gasteiger partial charge in [0.2, 0.25) is 0 Å². The molecule has 1 N–H and O–H groups in total. The average molecular weight is 256 g/mol. The van der Waals surface area contributed by atoms with Crippen molar-refractivity contribution in [1.82, 2.24) is 10.2 Å². The quantitative estimate of drug-likeness (QED) is 0.564. The molecule has 18 heavy (non-hydrogen) atoms. The van der Waals surface area contributed by atoms with Gasteiger partial charge in [-0.2, -0.15) is 0 Å². The summed E-state index contributed by atoms with van der Waals surface area (Å²) < 4.78 is 0. The molecule has 2 heteroatoms. The van der Waals surface area contributed by atoms with Crippen LogP contribution in [0.3, 0.4) is 0 Å². The molecule has 0 heterocycles. The molecule has 2 nitrogen and oxygen atoms in total. The molecular formula is C16H36N2. The lowest BCUT2D eigenvalue weighted by molar-refractivity contribution is 0.148. The average Bonchev–Trinajstić information content (AvgIpc) is 2.31. The SMILES string of the molecule is CCC(C)(C)N(C)CCCCCCNCC(C)C. The second kappa shape index (κ2) is 9.80. The molecule has 0 fully saturated rings. The molecule has 0 atom stereocenters. The maximum absolute atomic E-state index is 3.51. The number of hydrogen-bond acceptors (Lipinski definition) is 2. The van der Waals surface area contributed by atoms with Crippen molar-refractivity contribution in [2.45, 2.75) is 72.3 Å². The van der Waals surface area contributed by atoms with Gasteiger partial charge in [-0.1, -0.05) is 33.6 Å². The number of hydrogen-bond donors (Lipinski definition) is 1. The van der Waals surface area contributed by atoms with Gasteiger partial charge < -0.3 is 10.2 Å². The van der Waals surface area contributed by atoms with Crippen LogP contribution in [0.25, 0.3) is 0 Å². The van der Waals surface area contributed by atoms with Crippen molar-refractivity contribution < 1.29 is 0 Å². The Labute approximate surface area is 116 Å². The fourth-order valence-electron chi connectivity index (χ4n) is 1.92. The lowest BCUT2D eigenvalue weighted by Crippen LogP contribution is -2.40. The zero-order valence-corrected chi connectivity index (χ0v) is 13.7. The van der Waals surface area contributed by atoms with Crippen LogP contribution < -0.4 is 5.32 Å². The maximum atomic E-state index is 3.51. The Bertz CT molecular complexity index is 188. The molecule has 0 aromatic carbocycles. The smallest absolute Gasteiger partial charge is 0.0147 e. The summed E-state index contributed by atoms with van der Waals surface area (Å²) in [6, 6.07) is 0. The van der Waals surface area contributed by atoms with Crippen LogP contribution >= 0.6 is 0 Å². The Hall–Kier alpha value is -0.0800. The van der Waals surface area contributed by atoms with E-state index in [0.29, 0.717) is 5.54 Å². The minimum absolute atomic E-state index is 0.360. The first-order chi connectivity index (χ1) is 8.40. The van der Waals surface area contributed by atoms with Crippen LogP contribution in [0.15, 0.2) is 0 Å². The zero-order valence-electron chi connectivity index (χ0n) is 13.7. The molecule has 0 rings (SSSR count). The van der Waals surface area contributed by atoms with E-state index in [9.17, 15) is 0 Å². The molecule has 0 aliphatic carbocycles. The molecular weight excluding hydrogens is 220 g/mol. The first-order valence-corrected chi connectivity index (χ1v) is 7.82. The predicted octanol–water partition coefficient (Wildman–Crippen LogP) is 3.91. The lowest BCUT2D eigenvalue weighted by Gasteiger charge is -2.34. The lowest BCUT2D eigenvalue weighted by atomic mass is 9.99. The van der Waals surface area contributed by atoms with Gasteiger partial charge in [0.1, 0.15) is 0 Å². The third-order valence-corrected chi connectivity index (χ3v) is 4.05. The van der Waals surface area contributed by atoms with E-state index in [2.05, 4.69) is 51.9 Å². The Balaban J connectivity index is 3.35. The van der Waals surface area contributed by atoms with E-state index in [-0.39, 0.29) is 0 Å². The van der Waals surface area contributed by atoms with Gasteiger partial charge in [0.05, 0.1) is 0 Å².